The SMILES string of the molecule is CCCCCCCCCCCCCCC(CCCCCCCCCCCCCC)CO[C@@H]1O[C@H](COS(=O)(=O)[O-])[C@@H](O[C@@H]2O[C@H](CO)[C@H](O)[C@H](O[C@@]34C[C@H](O)[C@@H](NC3=O)[C@H]([C@H](O)[C@H](O)CO)O4)[C@H]2O)[C@H](O[C@@H]2O[C@@H](C)[C@@H](O)[C@@H](O)[C@@H]2O)[C@H]1NC(C)=O.[Na+]. The molecular weight excluding hydrogens is 1180 g/mol. The van der Waals surface area contributed by atoms with Gasteiger partial charge in [0.25, 0.3) is 11.7 Å². The monoisotopic (exact) mass is 1280 g/mol. The minimum Gasteiger partial charge on any atom is -0.726 e. The summed E-state index contributed by atoms with van der Waals surface area (Å²) in [6.45, 7) is 3.89. The van der Waals surface area contributed by atoms with E-state index in [1.165, 1.54) is 110 Å². The van der Waals surface area contributed by atoms with Crippen molar-refractivity contribution in [2.24, 2.45) is 5.92 Å². The quantitative estimate of drug-likeness (QED) is 0.0151. The number of ether oxygens (including phenoxy) is 8. The Balaban J connectivity index is 0.0000162. The maximum atomic E-state index is 13.7. The number of rotatable bonds is 43. The van der Waals surface area contributed by atoms with Crippen molar-refractivity contribution in [1.82, 2.24) is 10.6 Å². The van der Waals surface area contributed by atoms with Gasteiger partial charge in [-0.15, -0.1) is 0 Å². The third-order valence-electron chi connectivity index (χ3n) is 17.5. The fourth-order valence-electron chi connectivity index (χ4n) is 12.4. The smallest absolute Gasteiger partial charge is 0.726 e. The fraction of sp³-hybridized carbons (Fsp3) is 0.966. The molecule has 6 saturated heterocycles. The van der Waals surface area contributed by atoms with Crippen molar-refractivity contribution >= 4 is 22.2 Å². The molecule has 26 nitrogen and oxygen atoms in total. The standard InChI is InChI=1S/C59H108N2O24S.Na/c1-5-7-9-11-13-15-17-19-21-23-25-27-29-38(30-28-26-24-22-20-18-16-14-12-10-8-6-2)34-77-55-44(60-37(4)64)53(83-56-49(71)48(70)45(67)36(3)79-56)51(42(81-55)35-78-86(74,75)76)82-57-50(72)54(47(69)41(33-63)80-57)85-59-31-39(65)43(61-58(59)73)52(84-59)46(68)40(66)32-62;/h36,38-57,62-63,65-72H,5-35H2,1-4H3,(H,60,64)(H,61,73)(H,74,75,76);/q;+1/p-1/t36-,39-,40+,41+,42+,43+,44+,45+,46+,47-,48+,49-,50+,51+,52+,53+,54-,55+,56-,57-,59-;/m0./s1. The zero-order valence-corrected chi connectivity index (χ0v) is 55.0. The van der Waals surface area contributed by atoms with Crippen molar-refractivity contribution in [3.63, 3.8) is 0 Å². The normalized spacial score (nSPS) is 34.4. The van der Waals surface area contributed by atoms with E-state index in [0.717, 1.165) is 71.1 Å². The molecule has 6 aliphatic heterocycles. The van der Waals surface area contributed by atoms with Crippen LogP contribution in [0, 0.1) is 5.92 Å². The maximum absolute atomic E-state index is 13.7. The van der Waals surface area contributed by atoms with Crippen LogP contribution in [0.25, 0.3) is 0 Å². The van der Waals surface area contributed by atoms with E-state index >= 15 is 0 Å². The molecule has 2 bridgehead atoms. The summed E-state index contributed by atoms with van der Waals surface area (Å²) in [5, 5.41) is 114. The molecule has 0 aliphatic carbocycles. The molecule has 6 rings (SSSR count). The molecule has 6 fully saturated rings. The van der Waals surface area contributed by atoms with Gasteiger partial charge >= 0.3 is 29.6 Å². The van der Waals surface area contributed by atoms with Gasteiger partial charge in [0.1, 0.15) is 85.4 Å². The molecule has 0 aromatic rings. The minimum absolute atomic E-state index is 0. The third-order valence-corrected chi connectivity index (χ3v) is 17.9. The molecule has 87 heavy (non-hydrogen) atoms. The predicted octanol–water partition coefficient (Wildman–Crippen LogP) is -1.01. The molecule has 0 aromatic heterocycles. The van der Waals surface area contributed by atoms with Gasteiger partial charge in [-0.25, -0.2) is 8.42 Å². The Labute approximate surface area is 537 Å². The summed E-state index contributed by atoms with van der Waals surface area (Å²) in [6, 6.07) is -2.84. The van der Waals surface area contributed by atoms with Gasteiger partial charge in [-0.1, -0.05) is 168 Å². The van der Waals surface area contributed by atoms with Gasteiger partial charge < -0.3 is 104 Å². The van der Waals surface area contributed by atoms with Crippen LogP contribution in [0.4, 0.5) is 0 Å². The number of aliphatic hydroxyl groups is 10. The average Bonchev–Trinajstić information content (AvgIpc) is 0.939. The molecule has 504 valence electrons. The first-order valence-corrected chi connectivity index (χ1v) is 33.5. The van der Waals surface area contributed by atoms with Crippen LogP contribution in [0.15, 0.2) is 0 Å². The molecule has 21 atom stereocenters. The topological polar surface area (TPSA) is 401 Å². The molecule has 0 unspecified atom stereocenters. The van der Waals surface area contributed by atoms with Crippen molar-refractivity contribution in [1.29, 1.82) is 0 Å². The molecule has 12 N–H and O–H groups in total. The van der Waals surface area contributed by atoms with E-state index in [2.05, 4.69) is 24.5 Å². The molecule has 0 radical (unpaired) electrons. The molecule has 0 saturated carbocycles. The Kier molecular flexibility index (Phi) is 36.4. The van der Waals surface area contributed by atoms with Gasteiger partial charge in [0, 0.05) is 13.3 Å². The summed E-state index contributed by atoms with van der Waals surface area (Å²) in [6.07, 6.45) is -3.87. The van der Waals surface area contributed by atoms with E-state index in [1.807, 2.05) is 0 Å². The van der Waals surface area contributed by atoms with Crippen molar-refractivity contribution in [3.05, 3.63) is 0 Å². The minimum atomic E-state index is -5.52. The number of morpholine rings is 1. The van der Waals surface area contributed by atoms with Crippen molar-refractivity contribution in [2.45, 2.75) is 329 Å². The molecular formula is C59H107N2NaO24S. The first kappa shape index (κ1) is 78.5. The molecule has 28 heteroatoms. The van der Waals surface area contributed by atoms with Gasteiger partial charge in [-0.3, -0.25) is 13.8 Å². The summed E-state index contributed by atoms with van der Waals surface area (Å²) < 4.78 is 91.0. The fourth-order valence-corrected chi connectivity index (χ4v) is 12.7. The van der Waals surface area contributed by atoms with E-state index in [4.69, 9.17) is 42.1 Å². The molecule has 2 amide bonds. The number of hydrogen-bond donors (Lipinski definition) is 12. The number of aliphatic hydroxyl groups excluding tert-OH is 10. The average molecular weight is 1280 g/mol. The van der Waals surface area contributed by atoms with Crippen LogP contribution in [0.1, 0.15) is 201 Å². The Morgan fingerprint density at radius 1 is 0.678 bits per heavy atom. The van der Waals surface area contributed by atoms with Crippen molar-refractivity contribution < 1.29 is 145 Å². The number of unbranched alkanes of at least 4 members (excludes halogenated alkanes) is 22. The largest absolute Gasteiger partial charge is 1.00 e. The van der Waals surface area contributed by atoms with Crippen LogP contribution in [-0.2, 0) is 62.1 Å². The van der Waals surface area contributed by atoms with E-state index in [9.17, 15) is 73.6 Å². The van der Waals surface area contributed by atoms with Gasteiger partial charge in [0.15, 0.2) is 18.9 Å². The Morgan fingerprint density at radius 2 is 1.17 bits per heavy atom. The number of piperidine rings is 1. The molecule has 0 spiro atoms. The van der Waals surface area contributed by atoms with Crippen molar-refractivity contribution in [2.75, 3.05) is 26.4 Å². The maximum Gasteiger partial charge on any atom is 1.00 e. The van der Waals surface area contributed by atoms with E-state index in [0.29, 0.717) is 0 Å². The third kappa shape index (κ3) is 24.4. The Morgan fingerprint density at radius 3 is 1.67 bits per heavy atom. The predicted molar refractivity (Wildman–Crippen MR) is 307 cm³/mol. The second-order valence-corrected chi connectivity index (χ2v) is 25.6. The number of amides is 2. The second-order valence-electron chi connectivity index (χ2n) is 24.5. The van der Waals surface area contributed by atoms with Crippen LogP contribution < -0.4 is 40.2 Å². The summed E-state index contributed by atoms with van der Waals surface area (Å²) in [5.41, 5.74) is 0. The van der Waals surface area contributed by atoms with Gasteiger partial charge in [0.05, 0.1) is 44.7 Å². The molecule has 6 heterocycles. The Hall–Kier alpha value is -0.910. The summed E-state index contributed by atoms with van der Waals surface area (Å²) in [7, 11) is -5.52. The number of hydrogen-bond acceptors (Lipinski definition) is 24. The summed E-state index contributed by atoms with van der Waals surface area (Å²) >= 11 is 0. The van der Waals surface area contributed by atoms with Crippen LogP contribution in [0.2, 0.25) is 0 Å². The zero-order chi connectivity index (χ0) is 63.0. The number of nitrogens with one attached hydrogen (secondary N) is 2. The van der Waals surface area contributed by atoms with Crippen LogP contribution in [0.5, 0.6) is 0 Å². The van der Waals surface area contributed by atoms with Gasteiger partial charge in [0.2, 0.25) is 16.3 Å². The van der Waals surface area contributed by atoms with Crippen LogP contribution in [0.3, 0.4) is 0 Å². The first-order valence-electron chi connectivity index (χ1n) is 32.2. The summed E-state index contributed by atoms with van der Waals surface area (Å²) in [4.78, 5) is 27.0. The van der Waals surface area contributed by atoms with Crippen LogP contribution in [-0.4, -0.2) is 231 Å². The molecule has 6 aliphatic rings. The van der Waals surface area contributed by atoms with E-state index in [1.54, 1.807) is 0 Å². The van der Waals surface area contributed by atoms with Gasteiger partial charge in [-0.2, -0.15) is 0 Å². The number of carbonyl (C=O) groups is 2. The zero-order valence-electron chi connectivity index (χ0n) is 52.1. The molecule has 0 aromatic carbocycles. The van der Waals surface area contributed by atoms with E-state index < -0.39 is 177 Å². The summed E-state index contributed by atoms with van der Waals surface area (Å²) in [5.74, 6) is -4.41. The van der Waals surface area contributed by atoms with Gasteiger partial charge in [-0.05, 0) is 25.7 Å². The van der Waals surface area contributed by atoms with Crippen LogP contribution >= 0.6 is 0 Å². The van der Waals surface area contributed by atoms with Crippen molar-refractivity contribution in [3.8, 4) is 0 Å². The number of fused-ring (bicyclic) bond motifs is 3. The second kappa shape index (κ2) is 40.4. The number of carbonyl (C=O) groups excluding carboxylic acids is 2. The first-order chi connectivity index (χ1) is 41.1. The Bertz CT molecular complexity index is 2000. The van der Waals surface area contributed by atoms with E-state index in [-0.39, 0.29) is 42.1 Å².